The van der Waals surface area contributed by atoms with Crippen LogP contribution in [0.5, 0.6) is 0 Å². The van der Waals surface area contributed by atoms with Crippen LogP contribution in [0.1, 0.15) is 22.8 Å². The molecule has 0 unspecified atom stereocenters. The van der Waals surface area contributed by atoms with E-state index in [-0.39, 0.29) is 5.78 Å². The number of Topliss-reactive ketones (excluding diaryl/α,β-unsaturated/α-hetero) is 1. The van der Waals surface area contributed by atoms with Crippen molar-refractivity contribution in [3.63, 3.8) is 0 Å². The van der Waals surface area contributed by atoms with E-state index < -0.39 is 0 Å². The Kier molecular flexibility index (Phi) is 4.97. The zero-order valence-corrected chi connectivity index (χ0v) is 15.4. The summed E-state index contributed by atoms with van der Waals surface area (Å²) >= 11 is 0. The molecule has 0 bridgehead atoms. The molecule has 7 nitrogen and oxygen atoms in total. The number of carbonyl (C=O) groups excluding carboxylic acids is 1. The van der Waals surface area contributed by atoms with Crippen molar-refractivity contribution >= 4 is 34.1 Å². The van der Waals surface area contributed by atoms with Gasteiger partial charge in [-0.05, 0) is 49.2 Å². The number of aromatic nitrogens is 4. The molecule has 2 aromatic heterocycles. The highest BCUT2D eigenvalue weighted by atomic mass is 16.1. The van der Waals surface area contributed by atoms with Crippen LogP contribution in [-0.2, 0) is 6.42 Å². The highest BCUT2D eigenvalue weighted by Crippen LogP contribution is 2.18. The second-order valence-electron chi connectivity index (χ2n) is 6.46. The fourth-order valence-corrected chi connectivity index (χ4v) is 3.02. The minimum absolute atomic E-state index is 0.0332. The monoisotopic (exact) mass is 372 g/mol. The molecule has 2 aromatic carbocycles. The molecule has 0 aliphatic carbocycles. The number of carbonyl (C=O) groups is 1. The number of nitrogens with one attached hydrogen (secondary N) is 3. The molecule has 0 saturated heterocycles. The van der Waals surface area contributed by atoms with Crippen molar-refractivity contribution in [1.82, 2.24) is 20.2 Å². The van der Waals surface area contributed by atoms with Crippen LogP contribution in [0, 0.1) is 0 Å². The average Bonchev–Trinajstić information content (AvgIpc) is 3.12. The van der Waals surface area contributed by atoms with Crippen LogP contribution in [0.25, 0.3) is 10.9 Å². The van der Waals surface area contributed by atoms with Gasteiger partial charge < -0.3 is 15.6 Å². The summed E-state index contributed by atoms with van der Waals surface area (Å²) in [4.78, 5) is 19.1. The van der Waals surface area contributed by atoms with Crippen molar-refractivity contribution < 1.29 is 4.79 Å². The number of aromatic amines is 1. The molecular formula is C21H20N6O. The van der Waals surface area contributed by atoms with Crippen molar-refractivity contribution in [1.29, 1.82) is 0 Å². The number of hydrogen-bond donors (Lipinski definition) is 3. The maximum absolute atomic E-state index is 11.4. The molecule has 4 rings (SSSR count). The lowest BCUT2D eigenvalue weighted by Crippen LogP contribution is -2.08. The first-order valence-corrected chi connectivity index (χ1v) is 9.05. The zero-order valence-electron chi connectivity index (χ0n) is 15.4. The average molecular weight is 372 g/mol. The molecule has 7 heteroatoms. The summed E-state index contributed by atoms with van der Waals surface area (Å²) in [6.07, 6.45) is 4.50. The van der Waals surface area contributed by atoms with Crippen LogP contribution in [0.4, 0.5) is 17.5 Å². The van der Waals surface area contributed by atoms with E-state index in [2.05, 4.69) is 42.9 Å². The van der Waals surface area contributed by atoms with Gasteiger partial charge in [-0.25, -0.2) is 0 Å². The van der Waals surface area contributed by atoms with Gasteiger partial charge in [-0.1, -0.05) is 18.2 Å². The molecule has 0 radical (unpaired) electrons. The molecule has 4 aromatic rings. The number of fused-ring (bicyclic) bond motifs is 1. The van der Waals surface area contributed by atoms with Gasteiger partial charge in [0.25, 0.3) is 0 Å². The van der Waals surface area contributed by atoms with Crippen LogP contribution in [0.2, 0.25) is 0 Å². The molecule has 0 amide bonds. The number of hydrogen-bond acceptors (Lipinski definition) is 6. The summed E-state index contributed by atoms with van der Waals surface area (Å²) in [6, 6.07) is 15.4. The van der Waals surface area contributed by atoms with Crippen LogP contribution in [0.15, 0.2) is 60.9 Å². The number of rotatable bonds is 7. The predicted octanol–water partition coefficient (Wildman–Crippen LogP) is 3.95. The highest BCUT2D eigenvalue weighted by Gasteiger charge is 2.05. The number of anilines is 3. The standard InChI is InChI=1S/C21H20N6O/c1-14(28)15-6-8-17(9-7-15)25-21-26-20(13-24-27-21)22-11-10-16-12-23-19-5-3-2-4-18(16)19/h2-9,12-13,23H,10-11H2,1H3,(H2,22,25,26,27). The van der Waals surface area contributed by atoms with E-state index in [0.717, 1.165) is 24.2 Å². The minimum Gasteiger partial charge on any atom is -0.368 e. The lowest BCUT2D eigenvalue weighted by atomic mass is 10.1. The van der Waals surface area contributed by atoms with Gasteiger partial charge in [-0.15, -0.1) is 5.10 Å². The Morgan fingerprint density at radius 3 is 2.75 bits per heavy atom. The summed E-state index contributed by atoms with van der Waals surface area (Å²) in [5.41, 5.74) is 3.86. The molecule has 0 atom stereocenters. The van der Waals surface area contributed by atoms with Gasteiger partial charge in [0.2, 0.25) is 5.95 Å². The van der Waals surface area contributed by atoms with Gasteiger partial charge in [-0.2, -0.15) is 10.1 Å². The number of H-pyrrole nitrogens is 1. The second kappa shape index (κ2) is 7.87. The van der Waals surface area contributed by atoms with Gasteiger partial charge in [0.1, 0.15) is 0 Å². The Balaban J connectivity index is 1.37. The van der Waals surface area contributed by atoms with E-state index in [1.165, 1.54) is 10.9 Å². The Morgan fingerprint density at radius 2 is 1.93 bits per heavy atom. The van der Waals surface area contributed by atoms with E-state index in [1.807, 2.05) is 30.5 Å². The van der Waals surface area contributed by atoms with E-state index in [0.29, 0.717) is 17.3 Å². The highest BCUT2D eigenvalue weighted by molar-refractivity contribution is 5.94. The fraction of sp³-hybridized carbons (Fsp3) is 0.143. The molecule has 0 aliphatic rings. The maximum Gasteiger partial charge on any atom is 0.249 e. The number of para-hydroxylation sites is 1. The maximum atomic E-state index is 11.4. The molecule has 0 aliphatic heterocycles. The first-order chi connectivity index (χ1) is 13.7. The predicted molar refractivity (Wildman–Crippen MR) is 110 cm³/mol. The lowest BCUT2D eigenvalue weighted by molar-refractivity contribution is 0.101. The molecule has 3 N–H and O–H groups in total. The molecule has 2 heterocycles. The Hall–Kier alpha value is -3.74. The van der Waals surface area contributed by atoms with Crippen molar-refractivity contribution in [3.8, 4) is 0 Å². The van der Waals surface area contributed by atoms with Gasteiger partial charge in [0.15, 0.2) is 11.6 Å². The first kappa shape index (κ1) is 17.7. The van der Waals surface area contributed by atoms with E-state index in [4.69, 9.17) is 0 Å². The summed E-state index contributed by atoms with van der Waals surface area (Å²) in [5, 5.41) is 15.6. The van der Waals surface area contributed by atoms with Crippen molar-refractivity contribution in [2.75, 3.05) is 17.2 Å². The number of benzene rings is 2. The van der Waals surface area contributed by atoms with Crippen molar-refractivity contribution in [2.45, 2.75) is 13.3 Å². The van der Waals surface area contributed by atoms with Crippen LogP contribution in [-0.4, -0.2) is 32.5 Å². The van der Waals surface area contributed by atoms with Crippen molar-refractivity contribution in [3.05, 3.63) is 72.1 Å². The van der Waals surface area contributed by atoms with Gasteiger partial charge >= 0.3 is 0 Å². The zero-order chi connectivity index (χ0) is 19.3. The van der Waals surface area contributed by atoms with E-state index in [9.17, 15) is 4.79 Å². The summed E-state index contributed by atoms with van der Waals surface area (Å²) in [7, 11) is 0. The lowest BCUT2D eigenvalue weighted by Gasteiger charge is -2.08. The molecule has 0 saturated carbocycles. The number of ketones is 1. The Bertz CT molecular complexity index is 1100. The molecular weight excluding hydrogens is 352 g/mol. The van der Waals surface area contributed by atoms with Gasteiger partial charge in [0.05, 0.1) is 6.20 Å². The third kappa shape index (κ3) is 3.98. The largest absolute Gasteiger partial charge is 0.368 e. The molecule has 0 fully saturated rings. The number of nitrogens with zero attached hydrogens (tertiary/aromatic N) is 3. The summed E-state index contributed by atoms with van der Waals surface area (Å²) in [6.45, 7) is 2.27. The van der Waals surface area contributed by atoms with Crippen LogP contribution < -0.4 is 10.6 Å². The molecule has 28 heavy (non-hydrogen) atoms. The van der Waals surface area contributed by atoms with Gasteiger partial charge in [0, 0.05) is 34.9 Å². The van der Waals surface area contributed by atoms with E-state index in [1.54, 1.807) is 25.3 Å². The quantitative estimate of drug-likeness (QED) is 0.425. The van der Waals surface area contributed by atoms with Gasteiger partial charge in [-0.3, -0.25) is 4.79 Å². The normalized spacial score (nSPS) is 10.8. The summed E-state index contributed by atoms with van der Waals surface area (Å²) < 4.78 is 0. The Morgan fingerprint density at radius 1 is 1.11 bits per heavy atom. The minimum atomic E-state index is 0.0332. The first-order valence-electron chi connectivity index (χ1n) is 9.05. The molecule has 0 spiro atoms. The third-order valence-electron chi connectivity index (χ3n) is 4.48. The second-order valence-corrected chi connectivity index (χ2v) is 6.46. The molecule has 140 valence electrons. The topological polar surface area (TPSA) is 95.6 Å². The van der Waals surface area contributed by atoms with Crippen molar-refractivity contribution in [2.24, 2.45) is 0 Å². The third-order valence-corrected chi connectivity index (χ3v) is 4.48. The SMILES string of the molecule is CC(=O)c1ccc(Nc2nncc(NCCc3c[nH]c4ccccc34)n2)cc1. The fourth-order valence-electron chi connectivity index (χ4n) is 3.02. The van der Waals surface area contributed by atoms with Crippen LogP contribution in [0.3, 0.4) is 0 Å². The summed E-state index contributed by atoms with van der Waals surface area (Å²) in [5.74, 6) is 1.08. The van der Waals surface area contributed by atoms with Crippen LogP contribution >= 0.6 is 0 Å². The Labute approximate surface area is 162 Å². The smallest absolute Gasteiger partial charge is 0.249 e. The van der Waals surface area contributed by atoms with E-state index >= 15 is 0 Å².